The maximum atomic E-state index is 13.8. The Kier molecular flexibility index (Phi) is 5.35. The van der Waals surface area contributed by atoms with E-state index in [0.29, 0.717) is 23.6 Å². The van der Waals surface area contributed by atoms with Crippen molar-refractivity contribution in [2.45, 2.75) is 37.7 Å². The van der Waals surface area contributed by atoms with Gasteiger partial charge in [-0.3, -0.25) is 0 Å². The minimum atomic E-state index is -4.66. The average molecular weight is 494 g/mol. The van der Waals surface area contributed by atoms with Crippen LogP contribution in [0.15, 0.2) is 53.6 Å². The molecule has 2 heterocycles. The summed E-state index contributed by atoms with van der Waals surface area (Å²) < 4.78 is 82.6. The zero-order chi connectivity index (χ0) is 24.3. The Morgan fingerprint density at radius 1 is 1.00 bits per heavy atom. The number of nitriles is 1. The fourth-order valence-electron chi connectivity index (χ4n) is 4.35. The summed E-state index contributed by atoms with van der Waals surface area (Å²) in [6.45, 7) is 0.329. The summed E-state index contributed by atoms with van der Waals surface area (Å²) in [5.74, 6) is 0.623. The highest BCUT2D eigenvalue weighted by atomic mass is 32.2. The van der Waals surface area contributed by atoms with Crippen LogP contribution >= 0.6 is 11.8 Å². The maximum absolute atomic E-state index is 13.8. The van der Waals surface area contributed by atoms with Crippen LogP contribution in [0.5, 0.6) is 0 Å². The number of rotatable bonds is 4. The molecule has 1 saturated carbocycles. The van der Waals surface area contributed by atoms with E-state index in [1.165, 1.54) is 12.1 Å². The summed E-state index contributed by atoms with van der Waals surface area (Å²) in [4.78, 5) is 2.61. The molecule has 2 aromatic carbocycles. The standard InChI is InChI=1S/C24H18F6N3S/c25-23(26,27)16-2-1-3-17(8-16)32-11-18(34-13-32)12-33-20-7-6-15(10-31)22(24(28,29)30)19(20)9-21(33)14-4-5-14/h1-3,6-9,11,14,34H,4-5,12-13H2. The van der Waals surface area contributed by atoms with E-state index in [0.717, 1.165) is 47.3 Å². The van der Waals surface area contributed by atoms with Crippen molar-refractivity contribution in [1.29, 1.82) is 5.26 Å². The first-order valence-electron chi connectivity index (χ1n) is 10.5. The topological polar surface area (TPSA) is 32.0 Å². The van der Waals surface area contributed by atoms with E-state index in [1.54, 1.807) is 35.4 Å². The molecule has 1 aromatic heterocycles. The van der Waals surface area contributed by atoms with Crippen LogP contribution in [0.25, 0.3) is 10.9 Å². The van der Waals surface area contributed by atoms with Crippen molar-refractivity contribution in [3.05, 3.63) is 76.0 Å². The molecule has 2 aliphatic rings. The smallest absolute Gasteiger partial charge is 0.339 e. The molecule has 34 heavy (non-hydrogen) atoms. The molecular weight excluding hydrogens is 476 g/mol. The zero-order valence-electron chi connectivity index (χ0n) is 17.6. The number of nitrogens with zero attached hydrogens (tertiary/aromatic N) is 3. The number of aromatic nitrogens is 1. The van der Waals surface area contributed by atoms with Gasteiger partial charge in [-0.2, -0.15) is 43.4 Å². The molecule has 3 nitrogen and oxygen atoms in total. The number of allylic oxidation sites excluding steroid dienone is 1. The average Bonchev–Trinajstić information content (AvgIpc) is 3.41. The normalized spacial score (nSPS) is 16.7. The number of fused-ring (bicyclic) bond motifs is 1. The molecule has 1 radical (unpaired) electrons. The molecule has 10 heteroatoms. The molecule has 0 spiro atoms. The van der Waals surface area contributed by atoms with E-state index in [1.807, 2.05) is 4.57 Å². The van der Waals surface area contributed by atoms with Crippen LogP contribution in [0.1, 0.15) is 41.1 Å². The van der Waals surface area contributed by atoms with Gasteiger partial charge in [-0.1, -0.05) is 6.07 Å². The van der Waals surface area contributed by atoms with Crippen LogP contribution in [0.3, 0.4) is 0 Å². The van der Waals surface area contributed by atoms with Crippen molar-refractivity contribution in [3.8, 4) is 6.07 Å². The largest absolute Gasteiger partial charge is 0.418 e. The lowest BCUT2D eigenvalue weighted by Crippen LogP contribution is -2.12. The highest BCUT2D eigenvalue weighted by Crippen LogP contribution is 2.46. The second-order valence-corrected chi connectivity index (χ2v) is 9.57. The van der Waals surface area contributed by atoms with Crippen LogP contribution in [0, 0.1) is 11.3 Å². The van der Waals surface area contributed by atoms with Gasteiger partial charge in [0.25, 0.3) is 0 Å². The Bertz CT molecular complexity index is 1340. The molecule has 1 aliphatic heterocycles. The lowest BCUT2D eigenvalue weighted by molar-refractivity contribution is -0.138. The van der Waals surface area contributed by atoms with Gasteiger partial charge in [0.1, 0.15) is 0 Å². The van der Waals surface area contributed by atoms with Crippen molar-refractivity contribution in [2.24, 2.45) is 0 Å². The SMILES string of the molecule is N#Cc1ccc2c(cc(C3CC3)n2CC2=CN(c3cccc(C(F)(F)F)c3)C[SH]2)c1C(F)(F)F. The van der Waals surface area contributed by atoms with Crippen LogP contribution in [0.4, 0.5) is 32.0 Å². The quantitative estimate of drug-likeness (QED) is 0.307. The van der Waals surface area contributed by atoms with E-state index in [-0.39, 0.29) is 11.3 Å². The molecule has 1 aliphatic carbocycles. The molecule has 0 N–H and O–H groups in total. The maximum Gasteiger partial charge on any atom is 0.418 e. The zero-order valence-corrected chi connectivity index (χ0v) is 18.5. The monoisotopic (exact) mass is 494 g/mol. The highest BCUT2D eigenvalue weighted by Gasteiger charge is 2.38. The third-order valence-corrected chi connectivity index (χ3v) is 7.18. The Labute approximate surface area is 195 Å². The second kappa shape index (κ2) is 8.01. The van der Waals surface area contributed by atoms with Crippen molar-refractivity contribution >= 4 is 28.4 Å². The molecule has 0 atom stereocenters. The second-order valence-electron chi connectivity index (χ2n) is 8.40. The summed E-state index contributed by atoms with van der Waals surface area (Å²) in [5, 5.41) is 9.25. The van der Waals surface area contributed by atoms with Crippen LogP contribution in [-0.2, 0) is 18.9 Å². The number of thiol groups is 1. The fourth-order valence-corrected chi connectivity index (χ4v) is 5.39. The summed E-state index contributed by atoms with van der Waals surface area (Å²) in [6.07, 6.45) is -5.57. The van der Waals surface area contributed by atoms with Gasteiger partial charge in [-0.15, -0.1) is 0 Å². The lowest BCUT2D eigenvalue weighted by Gasteiger charge is -2.16. The molecule has 0 saturated heterocycles. The number of halogens is 6. The van der Waals surface area contributed by atoms with Crippen LogP contribution in [0.2, 0.25) is 0 Å². The molecule has 1 fully saturated rings. The van der Waals surface area contributed by atoms with Crippen LogP contribution in [-0.4, -0.2) is 10.4 Å². The van der Waals surface area contributed by atoms with E-state index < -0.39 is 29.0 Å². The van der Waals surface area contributed by atoms with Crippen molar-refractivity contribution in [3.63, 3.8) is 0 Å². The molecular formula is C24H18F6N3S. The van der Waals surface area contributed by atoms with Gasteiger partial charge in [-0.05, 0) is 55.2 Å². The first-order chi connectivity index (χ1) is 16.1. The van der Waals surface area contributed by atoms with Gasteiger partial charge in [0.15, 0.2) is 0 Å². The Morgan fingerprint density at radius 2 is 1.76 bits per heavy atom. The van der Waals surface area contributed by atoms with E-state index in [4.69, 9.17) is 0 Å². The summed E-state index contributed by atoms with van der Waals surface area (Å²) in [7, 11) is 0. The summed E-state index contributed by atoms with van der Waals surface area (Å²) in [6, 6.07) is 11.0. The minimum Gasteiger partial charge on any atom is -0.339 e. The first kappa shape index (κ1) is 22.7. The molecule has 0 unspecified atom stereocenters. The molecule has 0 bridgehead atoms. The highest BCUT2D eigenvalue weighted by molar-refractivity contribution is 8.03. The van der Waals surface area contributed by atoms with Crippen molar-refractivity contribution in [1.82, 2.24) is 4.57 Å². The van der Waals surface area contributed by atoms with Gasteiger partial charge < -0.3 is 9.47 Å². The van der Waals surface area contributed by atoms with Gasteiger partial charge in [0.05, 0.1) is 35.2 Å². The predicted octanol–water partition coefficient (Wildman–Crippen LogP) is 7.21. The molecule has 0 amide bonds. The number of alkyl halides is 6. The minimum absolute atomic E-state index is 0.0125. The number of benzene rings is 2. The van der Waals surface area contributed by atoms with Gasteiger partial charge in [0.2, 0.25) is 0 Å². The van der Waals surface area contributed by atoms with Crippen molar-refractivity contribution < 1.29 is 26.3 Å². The van der Waals surface area contributed by atoms with Crippen LogP contribution < -0.4 is 4.90 Å². The van der Waals surface area contributed by atoms with Gasteiger partial charge >= 0.3 is 12.4 Å². The van der Waals surface area contributed by atoms with E-state index in [9.17, 15) is 31.6 Å². The Balaban J connectivity index is 1.52. The van der Waals surface area contributed by atoms with E-state index >= 15 is 0 Å². The molecule has 5 rings (SSSR count). The van der Waals surface area contributed by atoms with Gasteiger partial charge in [-0.25, -0.2) is 0 Å². The summed E-state index contributed by atoms with van der Waals surface area (Å²) >= 11 is 0.869. The van der Waals surface area contributed by atoms with Crippen molar-refractivity contribution in [2.75, 3.05) is 10.8 Å². The molecule has 3 aromatic rings. The Hall–Kier alpha value is -3.06. The summed E-state index contributed by atoms with van der Waals surface area (Å²) in [5.41, 5.74) is -0.449. The predicted molar refractivity (Wildman–Crippen MR) is 119 cm³/mol. The number of hydrogen-bond donors (Lipinski definition) is 1. The fraction of sp³-hybridized carbons (Fsp3) is 0.292. The number of anilines is 1. The molecule has 177 valence electrons. The van der Waals surface area contributed by atoms with E-state index in [2.05, 4.69) is 0 Å². The third-order valence-electron chi connectivity index (χ3n) is 6.07. The van der Waals surface area contributed by atoms with Gasteiger partial charge in [0, 0.05) is 33.4 Å². The first-order valence-corrected chi connectivity index (χ1v) is 11.6. The Morgan fingerprint density at radius 3 is 2.41 bits per heavy atom. The number of hydrogen-bond acceptors (Lipinski definition) is 2. The third kappa shape index (κ3) is 4.13. The lowest BCUT2D eigenvalue weighted by atomic mass is 10.0.